The summed E-state index contributed by atoms with van der Waals surface area (Å²) in [5, 5.41) is 14.6. The smallest absolute Gasteiger partial charge is 0.131 e. The molecule has 1 unspecified atom stereocenters. The maximum absolute atomic E-state index is 13.8. The number of aliphatic hydroxyl groups excluding tert-OH is 1. The minimum atomic E-state index is -1.05. The fraction of sp³-hybridized carbons (Fsp3) is 0.400. The Balaban J connectivity index is 2.34. The van der Waals surface area contributed by atoms with Crippen LogP contribution in [0.2, 0.25) is 0 Å². The monoisotopic (exact) mass is 358 g/mol. The van der Waals surface area contributed by atoms with Gasteiger partial charge in [0.25, 0.3) is 0 Å². The van der Waals surface area contributed by atoms with Crippen molar-refractivity contribution in [3.63, 3.8) is 0 Å². The summed E-state index contributed by atoms with van der Waals surface area (Å²) in [4.78, 5) is 0. The van der Waals surface area contributed by atoms with Gasteiger partial charge in [-0.15, -0.1) is 0 Å². The van der Waals surface area contributed by atoms with Gasteiger partial charge in [-0.25, -0.2) is 8.78 Å². The highest BCUT2D eigenvalue weighted by Crippen LogP contribution is 2.28. The number of aliphatic hydroxyl groups is 1. The molecule has 0 spiro atoms. The van der Waals surface area contributed by atoms with Gasteiger partial charge in [0.1, 0.15) is 11.6 Å². The Morgan fingerprint density at radius 2 is 1.95 bits per heavy atom. The zero-order valence-corrected chi connectivity index (χ0v) is 13.7. The molecule has 1 aromatic heterocycles. The second kappa shape index (κ2) is 6.23. The van der Waals surface area contributed by atoms with E-state index in [0.717, 1.165) is 21.9 Å². The van der Waals surface area contributed by atoms with Gasteiger partial charge in [-0.3, -0.25) is 4.68 Å². The Kier molecular flexibility index (Phi) is 4.78. The quantitative estimate of drug-likeness (QED) is 0.901. The molecule has 6 heteroatoms. The van der Waals surface area contributed by atoms with Crippen LogP contribution in [0.5, 0.6) is 0 Å². The molecule has 0 aliphatic carbocycles. The third-order valence-corrected chi connectivity index (χ3v) is 4.51. The fourth-order valence-corrected chi connectivity index (χ4v) is 2.74. The molecule has 2 rings (SSSR count). The first kappa shape index (κ1) is 16.1. The van der Waals surface area contributed by atoms with Crippen LogP contribution in [-0.2, 0) is 13.0 Å². The van der Waals surface area contributed by atoms with E-state index in [0.29, 0.717) is 12.1 Å². The lowest BCUT2D eigenvalue weighted by Gasteiger charge is -2.14. The van der Waals surface area contributed by atoms with E-state index in [9.17, 15) is 13.9 Å². The molecule has 21 heavy (non-hydrogen) atoms. The molecular formula is C15H17BrF2N2O. The van der Waals surface area contributed by atoms with Crippen molar-refractivity contribution >= 4 is 15.9 Å². The standard InChI is InChI=1S/C15H17BrF2N2O/c1-4-20-13(15(16)9(3)19-20)7-14(21)10-5-8(2)11(17)6-12(10)18/h5-6,14,21H,4,7H2,1-3H3. The van der Waals surface area contributed by atoms with Crippen molar-refractivity contribution in [2.24, 2.45) is 0 Å². The fourth-order valence-electron chi connectivity index (χ4n) is 2.29. The van der Waals surface area contributed by atoms with Crippen molar-refractivity contribution < 1.29 is 13.9 Å². The van der Waals surface area contributed by atoms with Crippen LogP contribution in [0.25, 0.3) is 0 Å². The third kappa shape index (κ3) is 3.16. The summed E-state index contributed by atoms with van der Waals surface area (Å²) in [6.45, 7) is 5.99. The molecular weight excluding hydrogens is 342 g/mol. The van der Waals surface area contributed by atoms with Gasteiger partial charge >= 0.3 is 0 Å². The number of nitrogens with zero attached hydrogens (tertiary/aromatic N) is 2. The first-order valence-corrected chi connectivity index (χ1v) is 7.49. The summed E-state index contributed by atoms with van der Waals surface area (Å²) in [7, 11) is 0. The van der Waals surface area contributed by atoms with Crippen molar-refractivity contribution in [1.82, 2.24) is 9.78 Å². The minimum absolute atomic E-state index is 0.0994. The molecule has 1 atom stereocenters. The number of hydrogen-bond acceptors (Lipinski definition) is 2. The van der Waals surface area contributed by atoms with E-state index < -0.39 is 17.7 Å². The van der Waals surface area contributed by atoms with E-state index in [4.69, 9.17) is 0 Å². The highest BCUT2D eigenvalue weighted by atomic mass is 79.9. The zero-order valence-electron chi connectivity index (χ0n) is 12.1. The summed E-state index contributed by atoms with van der Waals surface area (Å²) in [5.74, 6) is -1.35. The van der Waals surface area contributed by atoms with Crippen LogP contribution in [0, 0.1) is 25.5 Å². The van der Waals surface area contributed by atoms with Crippen molar-refractivity contribution in [3.05, 3.63) is 50.8 Å². The van der Waals surface area contributed by atoms with Gasteiger partial charge in [-0.2, -0.15) is 5.10 Å². The molecule has 1 N–H and O–H groups in total. The number of aryl methyl sites for hydroxylation is 3. The normalized spacial score (nSPS) is 12.7. The van der Waals surface area contributed by atoms with Gasteiger partial charge in [0.05, 0.1) is 22.0 Å². The Labute approximate surface area is 130 Å². The lowest BCUT2D eigenvalue weighted by Crippen LogP contribution is -2.10. The highest BCUT2D eigenvalue weighted by molar-refractivity contribution is 9.10. The molecule has 0 radical (unpaired) electrons. The largest absolute Gasteiger partial charge is 0.388 e. The molecule has 0 aliphatic rings. The number of rotatable bonds is 4. The predicted octanol–water partition coefficient (Wildman–Crippen LogP) is 3.84. The Morgan fingerprint density at radius 1 is 1.29 bits per heavy atom. The van der Waals surface area contributed by atoms with Crippen molar-refractivity contribution in [2.75, 3.05) is 0 Å². The molecule has 114 valence electrons. The summed E-state index contributed by atoms with van der Waals surface area (Å²) in [6.07, 6.45) is -0.848. The predicted molar refractivity (Wildman–Crippen MR) is 80.1 cm³/mol. The molecule has 3 nitrogen and oxygen atoms in total. The number of hydrogen-bond donors (Lipinski definition) is 1. The second-order valence-corrected chi connectivity index (χ2v) is 5.80. The molecule has 1 aromatic carbocycles. The van der Waals surface area contributed by atoms with Crippen LogP contribution < -0.4 is 0 Å². The molecule has 0 amide bonds. The summed E-state index contributed by atoms with van der Waals surface area (Å²) in [5.41, 5.74) is 2.02. The Bertz CT molecular complexity index is 670. The first-order valence-electron chi connectivity index (χ1n) is 6.70. The van der Waals surface area contributed by atoms with Crippen LogP contribution in [0.4, 0.5) is 8.78 Å². The SMILES string of the molecule is CCn1nc(C)c(Br)c1CC(O)c1cc(C)c(F)cc1F. The molecule has 1 heterocycles. The third-order valence-electron chi connectivity index (χ3n) is 3.48. The first-order chi connectivity index (χ1) is 9.85. The number of benzene rings is 1. The van der Waals surface area contributed by atoms with Gasteiger partial charge in [0.2, 0.25) is 0 Å². The van der Waals surface area contributed by atoms with Gasteiger partial charge in [-0.05, 0) is 48.3 Å². The maximum Gasteiger partial charge on any atom is 0.131 e. The van der Waals surface area contributed by atoms with E-state index in [1.807, 2.05) is 13.8 Å². The van der Waals surface area contributed by atoms with E-state index in [1.165, 1.54) is 6.07 Å². The average molecular weight is 359 g/mol. The minimum Gasteiger partial charge on any atom is -0.388 e. The highest BCUT2D eigenvalue weighted by Gasteiger charge is 2.20. The summed E-state index contributed by atoms with van der Waals surface area (Å²) in [6, 6.07) is 2.16. The van der Waals surface area contributed by atoms with Crippen molar-refractivity contribution in [2.45, 2.75) is 39.8 Å². The van der Waals surface area contributed by atoms with Gasteiger partial charge in [-0.1, -0.05) is 0 Å². The van der Waals surface area contributed by atoms with Crippen LogP contribution in [0.3, 0.4) is 0 Å². The number of halogens is 3. The lowest BCUT2D eigenvalue weighted by molar-refractivity contribution is 0.170. The van der Waals surface area contributed by atoms with Crippen LogP contribution >= 0.6 is 15.9 Å². The van der Waals surface area contributed by atoms with Gasteiger partial charge in [0.15, 0.2) is 0 Å². The van der Waals surface area contributed by atoms with E-state index in [1.54, 1.807) is 11.6 Å². The van der Waals surface area contributed by atoms with E-state index in [2.05, 4.69) is 21.0 Å². The lowest BCUT2D eigenvalue weighted by atomic mass is 10.0. The average Bonchev–Trinajstić information content (AvgIpc) is 2.70. The van der Waals surface area contributed by atoms with Gasteiger partial charge < -0.3 is 5.11 Å². The van der Waals surface area contributed by atoms with Crippen molar-refractivity contribution in [1.29, 1.82) is 0 Å². The topological polar surface area (TPSA) is 38.0 Å². The Hall–Kier alpha value is -1.27. The maximum atomic E-state index is 13.8. The number of aromatic nitrogens is 2. The molecule has 0 saturated heterocycles. The summed E-state index contributed by atoms with van der Waals surface area (Å²) >= 11 is 3.44. The van der Waals surface area contributed by atoms with Crippen LogP contribution in [-0.4, -0.2) is 14.9 Å². The second-order valence-electron chi connectivity index (χ2n) is 5.00. The van der Waals surface area contributed by atoms with Crippen LogP contribution in [0.1, 0.15) is 35.5 Å². The van der Waals surface area contributed by atoms with Crippen LogP contribution in [0.15, 0.2) is 16.6 Å². The molecule has 0 aliphatic heterocycles. The van der Waals surface area contributed by atoms with E-state index in [-0.39, 0.29) is 12.0 Å². The Morgan fingerprint density at radius 3 is 2.57 bits per heavy atom. The molecule has 2 aromatic rings. The zero-order chi connectivity index (χ0) is 15.7. The van der Waals surface area contributed by atoms with Crippen molar-refractivity contribution in [3.8, 4) is 0 Å². The summed E-state index contributed by atoms with van der Waals surface area (Å²) < 4.78 is 29.7. The molecule has 0 saturated carbocycles. The molecule has 0 bridgehead atoms. The van der Waals surface area contributed by atoms with E-state index >= 15 is 0 Å². The molecule has 0 fully saturated rings. The van der Waals surface area contributed by atoms with Gasteiger partial charge in [0, 0.05) is 24.6 Å².